The molecule has 4 fully saturated rings. The molecule has 1 atom stereocenters. The largest absolute Gasteiger partial charge is 0.300 e. The minimum Gasteiger partial charge on any atom is -0.300 e. The number of nitrogens with zero attached hydrogens (tertiary/aromatic N) is 1. The van der Waals surface area contributed by atoms with E-state index in [2.05, 4.69) is 25.7 Å². The molecule has 4 rings (SSSR count). The Kier molecular flexibility index (Phi) is 2.78. The zero-order chi connectivity index (χ0) is 11.3. The van der Waals surface area contributed by atoms with Gasteiger partial charge >= 0.3 is 0 Å². The van der Waals surface area contributed by atoms with Gasteiger partial charge in [0, 0.05) is 6.04 Å². The molecule has 4 aliphatic rings. The third-order valence-corrected chi connectivity index (χ3v) is 5.95. The average molecular weight is 221 g/mol. The smallest absolute Gasteiger partial charge is 0.0100 e. The number of piperidine rings is 1. The van der Waals surface area contributed by atoms with E-state index in [1.54, 1.807) is 12.8 Å². The van der Waals surface area contributed by atoms with Crippen LogP contribution in [0, 0.1) is 29.6 Å². The van der Waals surface area contributed by atoms with Crippen LogP contribution in [0.1, 0.15) is 46.5 Å². The van der Waals surface area contributed by atoms with E-state index in [4.69, 9.17) is 0 Å². The van der Waals surface area contributed by atoms with Crippen molar-refractivity contribution >= 4 is 0 Å². The van der Waals surface area contributed by atoms with E-state index in [1.807, 2.05) is 0 Å². The second-order valence-electron chi connectivity index (χ2n) is 6.93. The van der Waals surface area contributed by atoms with Gasteiger partial charge in [-0.25, -0.2) is 0 Å². The zero-order valence-corrected chi connectivity index (χ0v) is 11.2. The summed E-state index contributed by atoms with van der Waals surface area (Å²) in [6.07, 6.45) is 6.03. The van der Waals surface area contributed by atoms with Crippen molar-refractivity contribution in [3.05, 3.63) is 0 Å². The highest BCUT2D eigenvalue weighted by Gasteiger charge is 2.55. The Bertz CT molecular complexity index is 238. The molecule has 0 N–H and O–H groups in total. The van der Waals surface area contributed by atoms with Gasteiger partial charge in [-0.1, -0.05) is 13.8 Å². The van der Waals surface area contributed by atoms with Crippen LogP contribution in [0.2, 0.25) is 0 Å². The Morgan fingerprint density at radius 1 is 0.938 bits per heavy atom. The van der Waals surface area contributed by atoms with Crippen LogP contribution in [0.15, 0.2) is 0 Å². The monoisotopic (exact) mass is 221 g/mol. The molecule has 3 saturated carbocycles. The molecule has 1 nitrogen and oxygen atoms in total. The van der Waals surface area contributed by atoms with Crippen molar-refractivity contribution in [3.63, 3.8) is 0 Å². The summed E-state index contributed by atoms with van der Waals surface area (Å²) in [4.78, 5) is 2.79. The minimum absolute atomic E-state index is 0.894. The molecule has 0 radical (unpaired) electrons. The summed E-state index contributed by atoms with van der Waals surface area (Å²) in [6, 6.07) is 0.894. The van der Waals surface area contributed by atoms with E-state index in [0.717, 1.165) is 35.6 Å². The topological polar surface area (TPSA) is 3.24 Å². The van der Waals surface area contributed by atoms with Gasteiger partial charge in [0.05, 0.1) is 0 Å². The molecule has 0 aromatic rings. The fourth-order valence-corrected chi connectivity index (χ4v) is 4.36. The molecule has 0 aromatic heterocycles. The van der Waals surface area contributed by atoms with Crippen molar-refractivity contribution < 1.29 is 0 Å². The van der Waals surface area contributed by atoms with E-state index in [1.165, 1.54) is 25.9 Å². The molecule has 1 heterocycles. The van der Waals surface area contributed by atoms with Crippen molar-refractivity contribution in [2.24, 2.45) is 29.6 Å². The third-order valence-electron chi connectivity index (χ3n) is 5.95. The molecule has 92 valence electrons. The van der Waals surface area contributed by atoms with Crippen LogP contribution in [0.4, 0.5) is 0 Å². The lowest BCUT2D eigenvalue weighted by molar-refractivity contribution is -0.127. The van der Waals surface area contributed by atoms with Gasteiger partial charge in [0.1, 0.15) is 0 Å². The average Bonchev–Trinajstić information content (AvgIpc) is 2.13. The van der Waals surface area contributed by atoms with Gasteiger partial charge in [-0.05, 0) is 75.3 Å². The summed E-state index contributed by atoms with van der Waals surface area (Å²) in [5, 5.41) is 0. The normalized spacial score (nSPS) is 41.6. The maximum absolute atomic E-state index is 2.79. The predicted octanol–water partition coefficient (Wildman–Crippen LogP) is 3.40. The summed E-state index contributed by atoms with van der Waals surface area (Å²) in [5.41, 5.74) is 0. The van der Waals surface area contributed by atoms with Gasteiger partial charge < -0.3 is 4.90 Å². The van der Waals surface area contributed by atoms with Crippen molar-refractivity contribution in [1.82, 2.24) is 4.90 Å². The maximum atomic E-state index is 2.79. The first-order chi connectivity index (χ1) is 7.66. The molecule has 16 heavy (non-hydrogen) atoms. The number of hydrogen-bond acceptors (Lipinski definition) is 1. The van der Waals surface area contributed by atoms with E-state index >= 15 is 0 Å². The van der Waals surface area contributed by atoms with Crippen LogP contribution >= 0.6 is 0 Å². The van der Waals surface area contributed by atoms with Gasteiger partial charge in [-0.2, -0.15) is 0 Å². The first-order valence-electron chi connectivity index (χ1n) is 7.41. The Morgan fingerprint density at radius 2 is 1.50 bits per heavy atom. The van der Waals surface area contributed by atoms with E-state index in [0.29, 0.717) is 0 Å². The fraction of sp³-hybridized carbons (Fsp3) is 1.00. The summed E-state index contributed by atoms with van der Waals surface area (Å²) in [6.45, 7) is 10.0. The first kappa shape index (κ1) is 11.1. The molecule has 1 aliphatic heterocycles. The second-order valence-corrected chi connectivity index (χ2v) is 6.93. The summed E-state index contributed by atoms with van der Waals surface area (Å²) in [7, 11) is 0. The van der Waals surface area contributed by atoms with Crippen LogP contribution in [0.25, 0.3) is 0 Å². The molecular weight excluding hydrogens is 194 g/mol. The lowest BCUT2D eigenvalue weighted by Gasteiger charge is -2.62. The molecule has 1 heteroatoms. The van der Waals surface area contributed by atoms with E-state index in [-0.39, 0.29) is 0 Å². The van der Waals surface area contributed by atoms with Gasteiger partial charge in [0.15, 0.2) is 0 Å². The summed E-state index contributed by atoms with van der Waals surface area (Å²) >= 11 is 0. The molecular formula is C15H27N. The molecule has 2 bridgehead atoms. The van der Waals surface area contributed by atoms with Crippen LogP contribution < -0.4 is 0 Å². The molecule has 0 amide bonds. The Hall–Kier alpha value is -0.0400. The molecule has 1 unspecified atom stereocenters. The van der Waals surface area contributed by atoms with E-state index in [9.17, 15) is 0 Å². The Labute approximate surface area is 101 Å². The molecule has 0 spiro atoms. The highest BCUT2D eigenvalue weighted by atomic mass is 15.2. The molecule has 0 aromatic carbocycles. The summed E-state index contributed by atoms with van der Waals surface area (Å²) < 4.78 is 0. The predicted molar refractivity (Wildman–Crippen MR) is 68.3 cm³/mol. The van der Waals surface area contributed by atoms with Gasteiger partial charge in [-0.15, -0.1) is 0 Å². The van der Waals surface area contributed by atoms with Gasteiger partial charge in [-0.3, -0.25) is 0 Å². The third kappa shape index (κ3) is 1.63. The van der Waals surface area contributed by atoms with Crippen LogP contribution in [0.5, 0.6) is 0 Å². The number of rotatable bonds is 3. The quantitative estimate of drug-likeness (QED) is 0.706. The number of hydrogen-bond donors (Lipinski definition) is 0. The van der Waals surface area contributed by atoms with E-state index < -0.39 is 0 Å². The maximum Gasteiger partial charge on any atom is 0.0100 e. The Balaban J connectivity index is 1.50. The van der Waals surface area contributed by atoms with Gasteiger partial charge in [0.2, 0.25) is 0 Å². The standard InChI is InChI=1S/C15H27N/c1-10(2)12-4-6-16(7-5-12)11(3)15-13-8-14(15)9-13/h10-15H,4-9H2,1-3H3. The fourth-order valence-electron chi connectivity index (χ4n) is 4.36. The minimum atomic E-state index is 0.894. The molecule has 3 aliphatic carbocycles. The van der Waals surface area contributed by atoms with Crippen molar-refractivity contribution in [2.45, 2.75) is 52.5 Å². The van der Waals surface area contributed by atoms with Crippen molar-refractivity contribution in [2.75, 3.05) is 13.1 Å². The first-order valence-corrected chi connectivity index (χ1v) is 7.41. The number of likely N-dealkylation sites (tertiary alicyclic amines) is 1. The van der Waals surface area contributed by atoms with Crippen LogP contribution in [-0.2, 0) is 0 Å². The lowest BCUT2D eigenvalue weighted by Crippen LogP contribution is -2.60. The SMILES string of the molecule is CC(C)C1CCN(C(C)C2C3CC2C3)CC1. The highest BCUT2D eigenvalue weighted by Crippen LogP contribution is 2.60. The van der Waals surface area contributed by atoms with Crippen molar-refractivity contribution in [1.29, 1.82) is 0 Å². The molecule has 1 saturated heterocycles. The van der Waals surface area contributed by atoms with Crippen LogP contribution in [0.3, 0.4) is 0 Å². The van der Waals surface area contributed by atoms with Crippen molar-refractivity contribution in [3.8, 4) is 0 Å². The van der Waals surface area contributed by atoms with Crippen LogP contribution in [-0.4, -0.2) is 24.0 Å². The van der Waals surface area contributed by atoms with Gasteiger partial charge in [0.25, 0.3) is 0 Å². The Morgan fingerprint density at radius 3 is 1.88 bits per heavy atom. The lowest BCUT2D eigenvalue weighted by atomic mass is 9.46. The summed E-state index contributed by atoms with van der Waals surface area (Å²) in [5.74, 6) is 5.25. The highest BCUT2D eigenvalue weighted by molar-refractivity contribution is 5.05. The second kappa shape index (κ2) is 4.01. The zero-order valence-electron chi connectivity index (χ0n) is 11.2.